The highest BCUT2D eigenvalue weighted by atomic mass is 19.1. The highest BCUT2D eigenvalue weighted by Crippen LogP contribution is 2.20. The number of halogens is 1. The van der Waals surface area contributed by atoms with Crippen molar-refractivity contribution in [2.24, 2.45) is 0 Å². The van der Waals surface area contributed by atoms with Gasteiger partial charge in [-0.15, -0.1) is 0 Å². The minimum Gasteiger partial charge on any atom is -0.207 e. The largest absolute Gasteiger partial charge is 0.207 e. The second kappa shape index (κ2) is 6.36. The average molecular weight is 194 g/mol. The van der Waals surface area contributed by atoms with E-state index in [9.17, 15) is 4.39 Å². The van der Waals surface area contributed by atoms with Gasteiger partial charge in [0.2, 0.25) is 0 Å². The smallest absolute Gasteiger partial charge is 0.126 e. The molecule has 1 aromatic carbocycles. The molecule has 0 unspecified atom stereocenters. The highest BCUT2D eigenvalue weighted by molar-refractivity contribution is 5.62. The van der Waals surface area contributed by atoms with Crippen molar-refractivity contribution in [1.82, 2.24) is 0 Å². The summed E-state index contributed by atoms with van der Waals surface area (Å²) in [6.07, 6.45) is 1.48. The van der Waals surface area contributed by atoms with Crippen LogP contribution in [0.3, 0.4) is 0 Å². The quantitative estimate of drug-likeness (QED) is 0.610. The van der Waals surface area contributed by atoms with Crippen molar-refractivity contribution in [2.45, 2.75) is 34.6 Å². The molecule has 0 spiro atoms. The van der Waals surface area contributed by atoms with E-state index in [0.717, 1.165) is 5.56 Å². The third kappa shape index (κ3) is 3.33. The van der Waals surface area contributed by atoms with E-state index in [-0.39, 0.29) is 5.83 Å². The molecule has 0 fully saturated rings. The Morgan fingerprint density at radius 3 is 2.21 bits per heavy atom. The Morgan fingerprint density at radius 1 is 1.21 bits per heavy atom. The van der Waals surface area contributed by atoms with Gasteiger partial charge in [0, 0.05) is 5.56 Å². The van der Waals surface area contributed by atoms with E-state index in [1.165, 1.54) is 11.6 Å². The Kier molecular flexibility index (Phi) is 5.86. The summed E-state index contributed by atoms with van der Waals surface area (Å²) >= 11 is 0. The molecule has 0 saturated carbocycles. The van der Waals surface area contributed by atoms with Gasteiger partial charge in [0.1, 0.15) is 5.83 Å². The summed E-state index contributed by atoms with van der Waals surface area (Å²) in [6.45, 7) is 9.63. The van der Waals surface area contributed by atoms with Crippen molar-refractivity contribution in [1.29, 1.82) is 0 Å². The van der Waals surface area contributed by atoms with E-state index < -0.39 is 0 Å². The normalized spacial score (nSPS) is 10.6. The second-order valence-corrected chi connectivity index (χ2v) is 2.95. The summed E-state index contributed by atoms with van der Waals surface area (Å²) in [5, 5.41) is 0. The second-order valence-electron chi connectivity index (χ2n) is 2.95. The first-order valence-electron chi connectivity index (χ1n) is 5.04. The number of hydrogen-bond acceptors (Lipinski definition) is 0. The maximum Gasteiger partial charge on any atom is 0.126 e. The lowest BCUT2D eigenvalue weighted by Crippen LogP contribution is -1.85. The van der Waals surface area contributed by atoms with Crippen LogP contribution in [-0.4, -0.2) is 0 Å². The molecule has 0 aliphatic heterocycles. The van der Waals surface area contributed by atoms with E-state index in [2.05, 4.69) is 0 Å². The number of hydrogen-bond donors (Lipinski definition) is 0. The third-order valence-electron chi connectivity index (χ3n) is 1.89. The fraction of sp³-hybridized carbons (Fsp3) is 0.385. The molecule has 0 nitrogen and oxygen atoms in total. The molecule has 0 heterocycles. The van der Waals surface area contributed by atoms with Crippen LogP contribution in [0.2, 0.25) is 0 Å². The van der Waals surface area contributed by atoms with Gasteiger partial charge in [0.15, 0.2) is 0 Å². The molecule has 78 valence electrons. The molecule has 14 heavy (non-hydrogen) atoms. The predicted octanol–water partition coefficient (Wildman–Crippen LogP) is 4.66. The predicted molar refractivity (Wildman–Crippen MR) is 62.0 cm³/mol. The molecule has 0 atom stereocenters. The number of aryl methyl sites for hydroxylation is 2. The van der Waals surface area contributed by atoms with Crippen LogP contribution in [0.5, 0.6) is 0 Å². The zero-order valence-corrected chi connectivity index (χ0v) is 9.69. The fourth-order valence-electron chi connectivity index (χ4n) is 1.24. The number of benzene rings is 1. The summed E-state index contributed by atoms with van der Waals surface area (Å²) in [6, 6.07) is 5.73. The summed E-state index contributed by atoms with van der Waals surface area (Å²) < 4.78 is 13.1. The standard InChI is InChI=1S/C11H13F.C2H6/c1-4-11(12)10-6-5-8(2)7-9(10)3;1-2/h4-7H,1-3H3;1-2H3/b11-4+;. The van der Waals surface area contributed by atoms with Gasteiger partial charge in [-0.05, 0) is 26.3 Å². The van der Waals surface area contributed by atoms with E-state index in [0.29, 0.717) is 5.56 Å². The zero-order chi connectivity index (χ0) is 11.1. The lowest BCUT2D eigenvalue weighted by molar-refractivity contribution is 0.757. The highest BCUT2D eigenvalue weighted by Gasteiger charge is 2.01. The fourth-order valence-corrected chi connectivity index (χ4v) is 1.24. The Labute approximate surface area is 86.5 Å². The topological polar surface area (TPSA) is 0 Å². The Bertz CT molecular complexity index is 311. The third-order valence-corrected chi connectivity index (χ3v) is 1.89. The molecular weight excluding hydrogens is 175 g/mol. The van der Waals surface area contributed by atoms with Crippen LogP contribution in [0.25, 0.3) is 5.83 Å². The molecule has 0 amide bonds. The van der Waals surface area contributed by atoms with Gasteiger partial charge in [0.05, 0.1) is 0 Å². The molecule has 0 N–H and O–H groups in total. The van der Waals surface area contributed by atoms with Gasteiger partial charge in [-0.25, -0.2) is 4.39 Å². The summed E-state index contributed by atoms with van der Waals surface area (Å²) in [5.41, 5.74) is 2.86. The minimum atomic E-state index is -0.146. The van der Waals surface area contributed by atoms with Crippen molar-refractivity contribution in [3.05, 3.63) is 41.0 Å². The Balaban J connectivity index is 0.000000791. The van der Waals surface area contributed by atoms with Crippen molar-refractivity contribution in [3.8, 4) is 0 Å². The maximum atomic E-state index is 13.1. The molecule has 0 aliphatic carbocycles. The molecule has 0 radical (unpaired) electrons. The number of rotatable bonds is 1. The first-order valence-corrected chi connectivity index (χ1v) is 5.04. The monoisotopic (exact) mass is 194 g/mol. The van der Waals surface area contributed by atoms with Crippen molar-refractivity contribution in [3.63, 3.8) is 0 Å². The molecular formula is C13H19F. The van der Waals surface area contributed by atoms with Crippen LogP contribution < -0.4 is 0 Å². The molecule has 1 aromatic rings. The van der Waals surface area contributed by atoms with Crippen molar-refractivity contribution >= 4 is 5.83 Å². The molecule has 0 aliphatic rings. The van der Waals surface area contributed by atoms with E-state index >= 15 is 0 Å². The maximum absolute atomic E-state index is 13.1. The summed E-state index contributed by atoms with van der Waals surface area (Å²) in [7, 11) is 0. The van der Waals surface area contributed by atoms with Crippen LogP contribution in [0, 0.1) is 13.8 Å². The van der Waals surface area contributed by atoms with Gasteiger partial charge in [-0.1, -0.05) is 43.7 Å². The van der Waals surface area contributed by atoms with Crippen LogP contribution in [-0.2, 0) is 0 Å². The Morgan fingerprint density at radius 2 is 1.79 bits per heavy atom. The number of allylic oxidation sites excluding steroid dienone is 1. The molecule has 0 aromatic heterocycles. The van der Waals surface area contributed by atoms with Gasteiger partial charge in [-0.2, -0.15) is 0 Å². The molecule has 1 heteroatoms. The van der Waals surface area contributed by atoms with Gasteiger partial charge >= 0.3 is 0 Å². The van der Waals surface area contributed by atoms with Crippen LogP contribution in [0.1, 0.15) is 37.5 Å². The van der Waals surface area contributed by atoms with Crippen LogP contribution >= 0.6 is 0 Å². The van der Waals surface area contributed by atoms with E-state index in [1.807, 2.05) is 45.9 Å². The van der Waals surface area contributed by atoms with Gasteiger partial charge in [-0.3, -0.25) is 0 Å². The van der Waals surface area contributed by atoms with E-state index in [1.54, 1.807) is 6.92 Å². The SMILES string of the molecule is C/C=C(/F)c1ccc(C)cc1C.CC. The van der Waals surface area contributed by atoms with Crippen LogP contribution in [0.4, 0.5) is 4.39 Å². The average Bonchev–Trinajstić information content (AvgIpc) is 2.20. The first kappa shape index (κ1) is 12.9. The molecule has 1 rings (SSSR count). The summed E-state index contributed by atoms with van der Waals surface area (Å²) in [4.78, 5) is 0. The Hall–Kier alpha value is -1.11. The van der Waals surface area contributed by atoms with Gasteiger partial charge in [0.25, 0.3) is 0 Å². The molecule has 0 bridgehead atoms. The lowest BCUT2D eigenvalue weighted by atomic mass is 10.0. The van der Waals surface area contributed by atoms with Crippen LogP contribution in [0.15, 0.2) is 24.3 Å². The first-order chi connectivity index (χ1) is 6.65. The minimum absolute atomic E-state index is 0.146. The van der Waals surface area contributed by atoms with E-state index in [4.69, 9.17) is 0 Å². The zero-order valence-electron chi connectivity index (χ0n) is 9.69. The van der Waals surface area contributed by atoms with Crippen molar-refractivity contribution < 1.29 is 4.39 Å². The lowest BCUT2D eigenvalue weighted by Gasteiger charge is -2.03. The summed E-state index contributed by atoms with van der Waals surface area (Å²) in [5.74, 6) is -0.146. The van der Waals surface area contributed by atoms with Crippen molar-refractivity contribution in [2.75, 3.05) is 0 Å². The molecule has 0 saturated heterocycles. The van der Waals surface area contributed by atoms with Gasteiger partial charge < -0.3 is 0 Å².